The lowest BCUT2D eigenvalue weighted by atomic mass is 10.1. The van der Waals surface area contributed by atoms with Crippen molar-refractivity contribution >= 4 is 5.91 Å². The van der Waals surface area contributed by atoms with Gasteiger partial charge in [0.1, 0.15) is 11.4 Å². The molecule has 1 heterocycles. The first kappa shape index (κ1) is 11.1. The summed E-state index contributed by atoms with van der Waals surface area (Å²) in [7, 11) is 1.59. The number of rotatable bonds is 3. The standard InChI is InChI=1S/C12H11N3O2/c1-17-11-5-3-2-4-8(11)9-6-15-10(7-14-9)12(13)16/h2-7H,1H3,(H2,13,16). The molecule has 0 aliphatic carbocycles. The van der Waals surface area contributed by atoms with E-state index in [2.05, 4.69) is 9.97 Å². The van der Waals surface area contributed by atoms with Gasteiger partial charge in [0.25, 0.3) is 5.91 Å². The minimum atomic E-state index is -0.593. The van der Waals surface area contributed by atoms with E-state index in [4.69, 9.17) is 10.5 Å². The van der Waals surface area contributed by atoms with E-state index < -0.39 is 5.91 Å². The van der Waals surface area contributed by atoms with Crippen LogP contribution in [0.4, 0.5) is 0 Å². The van der Waals surface area contributed by atoms with Crippen LogP contribution in [0.2, 0.25) is 0 Å². The Balaban J connectivity index is 2.43. The van der Waals surface area contributed by atoms with Crippen LogP contribution in [0.15, 0.2) is 36.7 Å². The first-order valence-electron chi connectivity index (χ1n) is 4.97. The predicted octanol–water partition coefficient (Wildman–Crippen LogP) is 1.25. The minimum Gasteiger partial charge on any atom is -0.496 e. The highest BCUT2D eigenvalue weighted by molar-refractivity contribution is 5.90. The fourth-order valence-electron chi connectivity index (χ4n) is 1.45. The molecule has 0 aliphatic heterocycles. The summed E-state index contributed by atoms with van der Waals surface area (Å²) >= 11 is 0. The summed E-state index contributed by atoms with van der Waals surface area (Å²) in [6.45, 7) is 0. The monoisotopic (exact) mass is 229 g/mol. The molecule has 0 aliphatic rings. The van der Waals surface area contributed by atoms with Crippen molar-refractivity contribution < 1.29 is 9.53 Å². The fraction of sp³-hybridized carbons (Fsp3) is 0.0833. The lowest BCUT2D eigenvalue weighted by Gasteiger charge is -2.06. The number of primary amides is 1. The maximum Gasteiger partial charge on any atom is 0.268 e. The third-order valence-electron chi connectivity index (χ3n) is 2.29. The molecule has 1 aromatic heterocycles. The van der Waals surface area contributed by atoms with Crippen molar-refractivity contribution in [3.8, 4) is 17.0 Å². The molecule has 2 rings (SSSR count). The summed E-state index contributed by atoms with van der Waals surface area (Å²) < 4.78 is 5.22. The summed E-state index contributed by atoms with van der Waals surface area (Å²) in [5.74, 6) is 0.109. The first-order valence-corrected chi connectivity index (χ1v) is 4.97. The van der Waals surface area contributed by atoms with Crippen LogP contribution in [0.1, 0.15) is 10.5 Å². The van der Waals surface area contributed by atoms with Crippen LogP contribution in [-0.4, -0.2) is 23.0 Å². The van der Waals surface area contributed by atoms with Gasteiger partial charge in [0, 0.05) is 5.56 Å². The Morgan fingerprint density at radius 2 is 2.00 bits per heavy atom. The van der Waals surface area contributed by atoms with Crippen LogP contribution in [0.3, 0.4) is 0 Å². The summed E-state index contributed by atoms with van der Waals surface area (Å²) in [5.41, 5.74) is 6.68. The minimum absolute atomic E-state index is 0.142. The van der Waals surface area contributed by atoms with Gasteiger partial charge in [-0.15, -0.1) is 0 Å². The maximum atomic E-state index is 10.9. The van der Waals surface area contributed by atoms with Crippen LogP contribution in [-0.2, 0) is 0 Å². The highest BCUT2D eigenvalue weighted by atomic mass is 16.5. The zero-order chi connectivity index (χ0) is 12.3. The average molecular weight is 229 g/mol. The number of carbonyl (C=O) groups is 1. The largest absolute Gasteiger partial charge is 0.496 e. The van der Waals surface area contributed by atoms with E-state index in [9.17, 15) is 4.79 Å². The molecule has 0 atom stereocenters. The van der Waals surface area contributed by atoms with Crippen molar-refractivity contribution in [1.82, 2.24) is 9.97 Å². The summed E-state index contributed by atoms with van der Waals surface area (Å²) in [5, 5.41) is 0. The lowest BCUT2D eigenvalue weighted by molar-refractivity contribution is 0.0995. The van der Waals surface area contributed by atoms with Crippen molar-refractivity contribution in [2.45, 2.75) is 0 Å². The number of hydrogen-bond acceptors (Lipinski definition) is 4. The van der Waals surface area contributed by atoms with Gasteiger partial charge >= 0.3 is 0 Å². The van der Waals surface area contributed by atoms with Gasteiger partial charge in [-0.3, -0.25) is 9.78 Å². The van der Waals surface area contributed by atoms with E-state index in [0.717, 1.165) is 5.56 Å². The topological polar surface area (TPSA) is 78.1 Å². The Morgan fingerprint density at radius 3 is 2.59 bits per heavy atom. The van der Waals surface area contributed by atoms with Gasteiger partial charge in [-0.2, -0.15) is 0 Å². The van der Waals surface area contributed by atoms with Crippen molar-refractivity contribution in [3.05, 3.63) is 42.4 Å². The summed E-state index contributed by atoms with van der Waals surface area (Å²) in [6, 6.07) is 7.45. The lowest BCUT2D eigenvalue weighted by Crippen LogP contribution is -2.13. The number of ether oxygens (including phenoxy) is 1. The van der Waals surface area contributed by atoms with E-state index in [1.807, 2.05) is 24.3 Å². The van der Waals surface area contributed by atoms with Gasteiger partial charge in [-0.25, -0.2) is 4.98 Å². The van der Waals surface area contributed by atoms with E-state index in [-0.39, 0.29) is 5.69 Å². The molecule has 17 heavy (non-hydrogen) atoms. The van der Waals surface area contributed by atoms with Crippen molar-refractivity contribution in [2.24, 2.45) is 5.73 Å². The van der Waals surface area contributed by atoms with Crippen molar-refractivity contribution in [3.63, 3.8) is 0 Å². The second-order valence-corrected chi connectivity index (χ2v) is 3.35. The number of methoxy groups -OCH3 is 1. The Bertz CT molecular complexity index is 538. The van der Waals surface area contributed by atoms with Crippen molar-refractivity contribution in [2.75, 3.05) is 7.11 Å². The Kier molecular flexibility index (Phi) is 3.00. The number of aromatic nitrogens is 2. The van der Waals surface area contributed by atoms with E-state index in [0.29, 0.717) is 11.4 Å². The molecule has 1 aromatic carbocycles. The van der Waals surface area contributed by atoms with E-state index in [1.54, 1.807) is 7.11 Å². The van der Waals surface area contributed by atoms with Crippen LogP contribution in [0.25, 0.3) is 11.3 Å². The number of amides is 1. The number of hydrogen-bond donors (Lipinski definition) is 1. The van der Waals surface area contributed by atoms with Crippen LogP contribution < -0.4 is 10.5 Å². The highest BCUT2D eigenvalue weighted by Gasteiger charge is 2.08. The Hall–Kier alpha value is -2.43. The molecule has 1 amide bonds. The maximum absolute atomic E-state index is 10.9. The number of nitrogens with two attached hydrogens (primary N) is 1. The molecular weight excluding hydrogens is 218 g/mol. The molecule has 86 valence electrons. The Labute approximate surface area is 98.3 Å². The molecule has 5 heteroatoms. The second-order valence-electron chi connectivity index (χ2n) is 3.35. The van der Waals surface area contributed by atoms with Crippen LogP contribution >= 0.6 is 0 Å². The van der Waals surface area contributed by atoms with E-state index in [1.165, 1.54) is 12.4 Å². The van der Waals surface area contributed by atoms with Crippen molar-refractivity contribution in [1.29, 1.82) is 0 Å². The van der Waals surface area contributed by atoms with Gasteiger partial charge in [0.2, 0.25) is 0 Å². The molecule has 0 fully saturated rings. The quantitative estimate of drug-likeness (QED) is 0.859. The number of nitrogens with zero attached hydrogens (tertiary/aromatic N) is 2. The highest BCUT2D eigenvalue weighted by Crippen LogP contribution is 2.27. The molecule has 2 N–H and O–H groups in total. The molecule has 0 saturated carbocycles. The average Bonchev–Trinajstić information content (AvgIpc) is 2.39. The molecule has 0 bridgehead atoms. The summed E-state index contributed by atoms with van der Waals surface area (Å²) in [4.78, 5) is 18.9. The SMILES string of the molecule is COc1ccccc1-c1cnc(C(N)=O)cn1. The smallest absolute Gasteiger partial charge is 0.268 e. The zero-order valence-corrected chi connectivity index (χ0v) is 9.25. The fourth-order valence-corrected chi connectivity index (χ4v) is 1.45. The summed E-state index contributed by atoms with van der Waals surface area (Å²) in [6.07, 6.45) is 2.85. The van der Waals surface area contributed by atoms with Gasteiger partial charge < -0.3 is 10.5 Å². The zero-order valence-electron chi connectivity index (χ0n) is 9.25. The van der Waals surface area contributed by atoms with Gasteiger partial charge in [0.05, 0.1) is 25.2 Å². The van der Waals surface area contributed by atoms with Gasteiger partial charge in [-0.05, 0) is 12.1 Å². The van der Waals surface area contributed by atoms with E-state index >= 15 is 0 Å². The third-order valence-corrected chi connectivity index (χ3v) is 2.29. The predicted molar refractivity (Wildman–Crippen MR) is 62.5 cm³/mol. The molecule has 0 spiro atoms. The van der Waals surface area contributed by atoms with Gasteiger partial charge in [-0.1, -0.05) is 12.1 Å². The van der Waals surface area contributed by atoms with Crippen LogP contribution in [0, 0.1) is 0 Å². The molecule has 0 unspecified atom stereocenters. The van der Waals surface area contributed by atoms with Crippen LogP contribution in [0.5, 0.6) is 5.75 Å². The normalized spacial score (nSPS) is 9.94. The second kappa shape index (κ2) is 4.61. The molecular formula is C12H11N3O2. The molecule has 5 nitrogen and oxygen atoms in total. The number of para-hydroxylation sites is 1. The third kappa shape index (κ3) is 2.23. The molecule has 0 radical (unpaired) electrons. The number of benzene rings is 1. The first-order chi connectivity index (χ1) is 8.22. The molecule has 0 saturated heterocycles. The van der Waals surface area contributed by atoms with Gasteiger partial charge in [0.15, 0.2) is 0 Å². The molecule has 2 aromatic rings. The Morgan fingerprint density at radius 1 is 1.24 bits per heavy atom. The number of carbonyl (C=O) groups excluding carboxylic acids is 1.